The Kier molecular flexibility index (Phi) is 11.1. The lowest BCUT2D eigenvalue weighted by atomic mass is 9.90. The molecule has 3 unspecified atom stereocenters. The first-order chi connectivity index (χ1) is 22.5. The van der Waals surface area contributed by atoms with Gasteiger partial charge in [0.25, 0.3) is 0 Å². The highest BCUT2D eigenvalue weighted by Gasteiger charge is 2.44. The number of β-amino-alcohol motifs (C(OH)–C–C–N with tert-alkyl or cyclic N) is 1. The first kappa shape index (κ1) is 34.7. The van der Waals surface area contributed by atoms with Gasteiger partial charge < -0.3 is 28.9 Å². The van der Waals surface area contributed by atoms with E-state index in [-0.39, 0.29) is 36.9 Å². The van der Waals surface area contributed by atoms with Gasteiger partial charge in [0.15, 0.2) is 23.7 Å². The van der Waals surface area contributed by atoms with Crippen molar-refractivity contribution in [2.75, 3.05) is 38.8 Å². The average Bonchev–Trinajstić information content (AvgIpc) is 3.81. The lowest BCUT2D eigenvalue weighted by Gasteiger charge is -2.34. The van der Waals surface area contributed by atoms with Crippen LogP contribution in [0.4, 0.5) is 5.82 Å². The second-order valence-electron chi connectivity index (χ2n) is 13.6. The summed E-state index contributed by atoms with van der Waals surface area (Å²) in [4.78, 5) is 36.2. The molecule has 4 heterocycles. The van der Waals surface area contributed by atoms with Gasteiger partial charge in [-0.1, -0.05) is 49.3 Å². The predicted molar refractivity (Wildman–Crippen MR) is 182 cm³/mol. The minimum atomic E-state index is -0.778. The largest absolute Gasteiger partial charge is 0.391 e. The normalized spacial score (nSPS) is 23.1. The summed E-state index contributed by atoms with van der Waals surface area (Å²) in [6.07, 6.45) is 5.84. The molecule has 10 nitrogen and oxygen atoms in total. The topological polar surface area (TPSA) is 118 Å². The van der Waals surface area contributed by atoms with E-state index in [0.717, 1.165) is 49.2 Å². The number of Topliss-reactive ketones (excluding diaryl/α,β-unsaturated/α-hetero) is 1. The SMILES string of the molecule is COC(OC)C1CCN(c2cc(C(C(=O)N3C[C@H](O)CC3C(=O)/C(C)=C(/C)c3ccc(CC4C=CN=C4C)cc3)C(C)C)on2)CC1. The van der Waals surface area contributed by atoms with Gasteiger partial charge in [0.05, 0.1) is 12.1 Å². The summed E-state index contributed by atoms with van der Waals surface area (Å²) >= 11 is 0. The van der Waals surface area contributed by atoms with Crippen LogP contribution in [0.5, 0.6) is 0 Å². The highest BCUT2D eigenvalue weighted by Crippen LogP contribution is 2.35. The molecule has 0 radical (unpaired) electrons. The Morgan fingerprint density at radius 1 is 1.09 bits per heavy atom. The van der Waals surface area contributed by atoms with Crippen molar-refractivity contribution in [1.29, 1.82) is 0 Å². The van der Waals surface area contributed by atoms with Crippen LogP contribution in [-0.2, 0) is 25.5 Å². The van der Waals surface area contributed by atoms with Gasteiger partial charge in [-0.25, -0.2) is 0 Å². The number of aromatic nitrogens is 1. The zero-order valence-corrected chi connectivity index (χ0v) is 28.8. The third kappa shape index (κ3) is 7.60. The van der Waals surface area contributed by atoms with Crippen LogP contribution < -0.4 is 4.90 Å². The van der Waals surface area contributed by atoms with Crippen molar-refractivity contribution in [3.63, 3.8) is 0 Å². The number of hydrogen-bond acceptors (Lipinski definition) is 9. The molecule has 0 aliphatic carbocycles. The number of aliphatic imine (C=N–C) groups is 1. The fourth-order valence-electron chi connectivity index (χ4n) is 7.19. The van der Waals surface area contributed by atoms with E-state index in [9.17, 15) is 14.7 Å². The third-order valence-electron chi connectivity index (χ3n) is 10.2. The number of piperidine rings is 1. The maximum Gasteiger partial charge on any atom is 0.234 e. The van der Waals surface area contributed by atoms with Crippen LogP contribution in [0.2, 0.25) is 0 Å². The molecule has 1 aromatic carbocycles. The summed E-state index contributed by atoms with van der Waals surface area (Å²) in [6.45, 7) is 11.4. The Morgan fingerprint density at radius 3 is 2.36 bits per heavy atom. The van der Waals surface area contributed by atoms with Crippen molar-refractivity contribution in [1.82, 2.24) is 10.1 Å². The molecule has 2 fully saturated rings. The number of amides is 1. The number of benzene rings is 1. The Balaban J connectivity index is 1.29. The van der Waals surface area contributed by atoms with Crippen LogP contribution in [0, 0.1) is 17.8 Å². The van der Waals surface area contributed by atoms with Gasteiger partial charge in [-0.2, -0.15) is 0 Å². The molecule has 1 N–H and O–H groups in total. The molecule has 0 saturated carbocycles. The number of hydrogen-bond donors (Lipinski definition) is 1. The number of nitrogens with zero attached hydrogens (tertiary/aromatic N) is 4. The number of rotatable bonds is 12. The molecule has 0 bridgehead atoms. The zero-order valence-electron chi connectivity index (χ0n) is 28.8. The molecule has 1 aromatic heterocycles. The van der Waals surface area contributed by atoms with Crippen LogP contribution in [0.1, 0.15) is 76.7 Å². The van der Waals surface area contributed by atoms with Crippen molar-refractivity contribution in [3.8, 4) is 0 Å². The van der Waals surface area contributed by atoms with Crippen molar-refractivity contribution in [2.45, 2.75) is 84.7 Å². The Hall–Kier alpha value is -3.60. The molecule has 5 rings (SSSR count). The minimum Gasteiger partial charge on any atom is -0.391 e. The van der Waals surface area contributed by atoms with E-state index in [1.165, 1.54) is 5.56 Å². The number of ether oxygens (including phenoxy) is 2. The number of carbonyl (C=O) groups is 2. The van der Waals surface area contributed by atoms with Gasteiger partial charge in [0.1, 0.15) is 5.92 Å². The predicted octanol–water partition coefficient (Wildman–Crippen LogP) is 5.42. The van der Waals surface area contributed by atoms with Crippen molar-refractivity contribution >= 4 is 28.8 Å². The standard InChI is InChI=1S/C37H50N4O6/c1-22(2)34(32-20-33(39-47-32)40-16-13-28(14-17-40)37(45-6)46-7)36(44)41-21-30(42)19-31(41)35(43)24(4)23(3)27-10-8-26(9-11-27)18-29-12-15-38-25(29)5/h8-12,15,20,22,28-31,34,37,42H,13-14,16-19,21H2,1-7H3/b24-23-/t29?,30-,31?,34?/m1/s1. The lowest BCUT2D eigenvalue weighted by Crippen LogP contribution is -2.44. The molecule has 0 spiro atoms. The number of methoxy groups -OCH3 is 2. The van der Waals surface area contributed by atoms with E-state index in [4.69, 9.17) is 14.0 Å². The van der Waals surface area contributed by atoms with Gasteiger partial charge in [0, 0.05) is 70.1 Å². The van der Waals surface area contributed by atoms with Crippen molar-refractivity contribution < 1.29 is 28.7 Å². The Bertz CT molecular complexity index is 1500. The smallest absolute Gasteiger partial charge is 0.234 e. The number of allylic oxidation sites excluding steroid dienone is 2. The molecule has 4 atom stereocenters. The van der Waals surface area contributed by atoms with Gasteiger partial charge in [0.2, 0.25) is 5.91 Å². The third-order valence-corrected chi connectivity index (χ3v) is 10.2. The average molecular weight is 647 g/mol. The summed E-state index contributed by atoms with van der Waals surface area (Å²) in [7, 11) is 3.32. The maximum atomic E-state index is 14.2. The molecule has 1 amide bonds. The van der Waals surface area contributed by atoms with Crippen molar-refractivity contribution in [2.24, 2.45) is 22.7 Å². The lowest BCUT2D eigenvalue weighted by molar-refractivity contribution is -0.141. The number of likely N-dealkylation sites (tertiary alicyclic amines) is 1. The highest BCUT2D eigenvalue weighted by atomic mass is 16.7. The van der Waals surface area contributed by atoms with E-state index < -0.39 is 18.1 Å². The van der Waals surface area contributed by atoms with Crippen LogP contribution in [0.25, 0.3) is 5.57 Å². The summed E-state index contributed by atoms with van der Waals surface area (Å²) in [5.41, 5.74) is 4.74. The first-order valence-electron chi connectivity index (χ1n) is 16.8. The number of ketones is 1. The van der Waals surface area contributed by atoms with Crippen molar-refractivity contribution in [3.05, 3.63) is 65.1 Å². The Labute approximate surface area is 278 Å². The van der Waals surface area contributed by atoms with E-state index >= 15 is 0 Å². The molecule has 47 heavy (non-hydrogen) atoms. The van der Waals surface area contributed by atoms with Gasteiger partial charge in [-0.15, -0.1) is 0 Å². The number of aliphatic hydroxyl groups excluding tert-OH is 1. The van der Waals surface area contributed by atoms with Crippen LogP contribution in [-0.4, -0.2) is 84.9 Å². The van der Waals surface area contributed by atoms with E-state index in [1.54, 1.807) is 19.1 Å². The number of anilines is 1. The minimum absolute atomic E-state index is 0.104. The number of aliphatic hydroxyl groups is 1. The molecular weight excluding hydrogens is 596 g/mol. The molecular formula is C37H50N4O6. The maximum absolute atomic E-state index is 14.2. The summed E-state index contributed by atoms with van der Waals surface area (Å²) < 4.78 is 16.7. The van der Waals surface area contributed by atoms with Crippen LogP contribution in [0.15, 0.2) is 57.7 Å². The highest BCUT2D eigenvalue weighted by molar-refractivity contribution is 6.06. The van der Waals surface area contributed by atoms with Gasteiger partial charge >= 0.3 is 0 Å². The zero-order chi connectivity index (χ0) is 33.8. The first-order valence-corrected chi connectivity index (χ1v) is 16.8. The summed E-state index contributed by atoms with van der Waals surface area (Å²) in [5.74, 6) is 0.662. The quantitative estimate of drug-likeness (QED) is 0.240. The van der Waals surface area contributed by atoms with Crippen LogP contribution >= 0.6 is 0 Å². The summed E-state index contributed by atoms with van der Waals surface area (Å²) in [5, 5.41) is 15.0. The monoisotopic (exact) mass is 646 g/mol. The van der Waals surface area contributed by atoms with Gasteiger partial charge in [-0.05, 0) is 68.2 Å². The fraction of sp³-hybridized carbons (Fsp3) is 0.568. The molecule has 2 aromatic rings. The van der Waals surface area contributed by atoms with Crippen LogP contribution in [0.3, 0.4) is 0 Å². The van der Waals surface area contributed by atoms with E-state index in [1.807, 2.05) is 59.0 Å². The van der Waals surface area contributed by atoms with E-state index in [0.29, 0.717) is 29.0 Å². The molecule has 3 aliphatic rings. The molecule has 2 saturated heterocycles. The van der Waals surface area contributed by atoms with Gasteiger partial charge in [-0.3, -0.25) is 14.6 Å². The summed E-state index contributed by atoms with van der Waals surface area (Å²) in [6, 6.07) is 9.40. The van der Waals surface area contributed by atoms with E-state index in [2.05, 4.69) is 33.3 Å². The second kappa shape index (κ2) is 15.1. The Morgan fingerprint density at radius 2 is 1.77 bits per heavy atom. The fourth-order valence-corrected chi connectivity index (χ4v) is 7.19. The molecule has 10 heteroatoms. The number of carbonyl (C=O) groups excluding carboxylic acids is 2. The second-order valence-corrected chi connectivity index (χ2v) is 13.6. The molecule has 3 aliphatic heterocycles. The molecule has 254 valence electrons.